The highest BCUT2D eigenvalue weighted by Crippen LogP contribution is 2.36. The van der Waals surface area contributed by atoms with Gasteiger partial charge in [-0.1, -0.05) is 6.07 Å². The van der Waals surface area contributed by atoms with Crippen molar-refractivity contribution in [3.63, 3.8) is 0 Å². The fourth-order valence-corrected chi connectivity index (χ4v) is 3.71. The highest BCUT2D eigenvalue weighted by Gasteiger charge is 2.18. The molecule has 0 aliphatic heterocycles. The lowest BCUT2D eigenvalue weighted by Gasteiger charge is -2.14. The lowest BCUT2D eigenvalue weighted by molar-refractivity contribution is 0.430. The van der Waals surface area contributed by atoms with Crippen LogP contribution in [0.15, 0.2) is 36.2 Å². The van der Waals surface area contributed by atoms with Crippen LogP contribution in [0.2, 0.25) is 0 Å². The lowest BCUT2D eigenvalue weighted by Crippen LogP contribution is -2.00. The molecule has 130 valence electrons. The highest BCUT2D eigenvalue weighted by molar-refractivity contribution is 7.17. The Labute approximate surface area is 153 Å². The summed E-state index contributed by atoms with van der Waals surface area (Å²) in [4.78, 5) is 16.8. The maximum Gasteiger partial charge on any atom is 0.240 e. The van der Waals surface area contributed by atoms with Crippen molar-refractivity contribution in [1.29, 1.82) is 0 Å². The second-order valence-corrected chi connectivity index (χ2v) is 6.80. The molecule has 0 radical (unpaired) electrons. The maximum atomic E-state index is 15.0. The van der Waals surface area contributed by atoms with Gasteiger partial charge in [0.1, 0.15) is 17.4 Å². The largest absolute Gasteiger partial charge is 0.434 e. The quantitative estimate of drug-likeness (QED) is 0.510. The Kier molecular flexibility index (Phi) is 4.08. The molecule has 0 saturated carbocycles. The fraction of sp³-hybridized carbons (Fsp3) is 0.158. The average molecular weight is 366 g/mol. The highest BCUT2D eigenvalue weighted by atomic mass is 32.1. The summed E-state index contributed by atoms with van der Waals surface area (Å²) >= 11 is 1.46. The van der Waals surface area contributed by atoms with Crippen molar-refractivity contribution >= 4 is 21.6 Å². The SMILES string of the molecule is Cc1ncnc(C)c1-c1ccc(Oc2ncnc3ccsc23)c(F)c1C. The van der Waals surface area contributed by atoms with Crippen molar-refractivity contribution in [2.75, 3.05) is 0 Å². The standard InChI is InChI=1S/C19H15FN4OS/c1-10-13(16-11(2)21-8-22-12(16)3)4-5-15(17(10)20)25-19-18-14(6-7-26-18)23-9-24-19/h4-9H,1-3H3. The molecule has 26 heavy (non-hydrogen) atoms. The Morgan fingerprint density at radius 1 is 0.923 bits per heavy atom. The smallest absolute Gasteiger partial charge is 0.240 e. The third kappa shape index (κ3) is 2.70. The number of ether oxygens (including phenoxy) is 1. The molecule has 4 aromatic rings. The molecule has 0 fully saturated rings. The number of rotatable bonds is 3. The molecule has 0 saturated heterocycles. The molecule has 0 spiro atoms. The molecule has 0 bridgehead atoms. The maximum absolute atomic E-state index is 15.0. The fourth-order valence-electron chi connectivity index (χ4n) is 2.94. The van der Waals surface area contributed by atoms with E-state index < -0.39 is 5.82 Å². The van der Waals surface area contributed by atoms with E-state index in [9.17, 15) is 0 Å². The third-order valence-electron chi connectivity index (χ3n) is 4.26. The first-order valence-electron chi connectivity index (χ1n) is 8.00. The molecule has 7 heteroatoms. The van der Waals surface area contributed by atoms with Crippen LogP contribution in [0, 0.1) is 26.6 Å². The number of hydrogen-bond donors (Lipinski definition) is 0. The molecule has 0 unspecified atom stereocenters. The molecular weight excluding hydrogens is 351 g/mol. The molecule has 0 aliphatic carbocycles. The van der Waals surface area contributed by atoms with Crippen LogP contribution in [0.25, 0.3) is 21.3 Å². The predicted octanol–water partition coefficient (Wildman–Crippen LogP) is 5.00. The second kappa shape index (κ2) is 6.42. The van der Waals surface area contributed by atoms with E-state index in [0.29, 0.717) is 11.4 Å². The summed E-state index contributed by atoms with van der Waals surface area (Å²) in [5.74, 6) is 0.0618. The zero-order chi connectivity index (χ0) is 18.3. The van der Waals surface area contributed by atoms with Gasteiger partial charge in [-0.15, -0.1) is 11.3 Å². The molecule has 5 nitrogen and oxygen atoms in total. The van der Waals surface area contributed by atoms with Crippen molar-refractivity contribution in [2.24, 2.45) is 0 Å². The van der Waals surface area contributed by atoms with Crippen LogP contribution < -0.4 is 4.74 Å². The summed E-state index contributed by atoms with van der Waals surface area (Å²) in [7, 11) is 0. The number of nitrogens with zero attached hydrogens (tertiary/aromatic N) is 4. The van der Waals surface area contributed by atoms with Crippen molar-refractivity contribution in [2.45, 2.75) is 20.8 Å². The summed E-state index contributed by atoms with van der Waals surface area (Å²) in [5, 5.41) is 1.90. The van der Waals surface area contributed by atoms with Crippen LogP contribution >= 0.6 is 11.3 Å². The number of fused-ring (bicyclic) bond motifs is 1. The van der Waals surface area contributed by atoms with Crippen molar-refractivity contribution in [1.82, 2.24) is 19.9 Å². The summed E-state index contributed by atoms with van der Waals surface area (Å²) in [6.45, 7) is 5.50. The van der Waals surface area contributed by atoms with Crippen LogP contribution in [0.3, 0.4) is 0 Å². The molecule has 3 aromatic heterocycles. The molecule has 4 rings (SSSR count). The van der Waals surface area contributed by atoms with E-state index in [1.807, 2.05) is 31.4 Å². The lowest BCUT2D eigenvalue weighted by atomic mass is 9.97. The number of aromatic nitrogens is 4. The topological polar surface area (TPSA) is 60.8 Å². The second-order valence-electron chi connectivity index (χ2n) is 5.89. The van der Waals surface area contributed by atoms with Gasteiger partial charge in [0.25, 0.3) is 0 Å². The van der Waals surface area contributed by atoms with E-state index in [2.05, 4.69) is 19.9 Å². The van der Waals surface area contributed by atoms with Crippen LogP contribution in [0.4, 0.5) is 4.39 Å². The van der Waals surface area contributed by atoms with E-state index in [1.165, 1.54) is 24.0 Å². The Balaban J connectivity index is 1.79. The van der Waals surface area contributed by atoms with Gasteiger partial charge in [-0.25, -0.2) is 24.3 Å². The summed E-state index contributed by atoms with van der Waals surface area (Å²) in [6.07, 6.45) is 2.93. The first kappa shape index (κ1) is 16.5. The Bertz CT molecular complexity index is 1110. The van der Waals surface area contributed by atoms with Gasteiger partial charge in [0.15, 0.2) is 11.6 Å². The van der Waals surface area contributed by atoms with Gasteiger partial charge in [0, 0.05) is 17.0 Å². The number of hydrogen-bond acceptors (Lipinski definition) is 6. The minimum Gasteiger partial charge on any atom is -0.434 e. The minimum atomic E-state index is -0.423. The minimum absolute atomic E-state index is 0.131. The monoisotopic (exact) mass is 366 g/mol. The zero-order valence-electron chi connectivity index (χ0n) is 14.4. The van der Waals surface area contributed by atoms with Crippen LogP contribution in [-0.4, -0.2) is 19.9 Å². The van der Waals surface area contributed by atoms with Crippen LogP contribution in [0.5, 0.6) is 11.6 Å². The van der Waals surface area contributed by atoms with E-state index in [-0.39, 0.29) is 5.75 Å². The molecular formula is C19H15FN4OS. The van der Waals surface area contributed by atoms with Gasteiger partial charge in [0.05, 0.1) is 5.52 Å². The van der Waals surface area contributed by atoms with Gasteiger partial charge < -0.3 is 4.74 Å². The number of thiophene rings is 1. The average Bonchev–Trinajstić information content (AvgIpc) is 3.10. The molecule has 0 atom stereocenters. The van der Waals surface area contributed by atoms with E-state index in [4.69, 9.17) is 4.74 Å². The van der Waals surface area contributed by atoms with Gasteiger partial charge >= 0.3 is 0 Å². The Morgan fingerprint density at radius 3 is 2.42 bits per heavy atom. The van der Waals surface area contributed by atoms with Gasteiger partial charge in [-0.3, -0.25) is 0 Å². The number of aryl methyl sites for hydroxylation is 2. The van der Waals surface area contributed by atoms with Gasteiger partial charge in [-0.2, -0.15) is 0 Å². The van der Waals surface area contributed by atoms with Crippen molar-refractivity contribution in [3.8, 4) is 22.8 Å². The predicted molar refractivity (Wildman–Crippen MR) is 99.1 cm³/mol. The van der Waals surface area contributed by atoms with Crippen molar-refractivity contribution in [3.05, 3.63) is 59.0 Å². The Morgan fingerprint density at radius 2 is 1.65 bits per heavy atom. The van der Waals surface area contributed by atoms with Crippen molar-refractivity contribution < 1.29 is 9.13 Å². The van der Waals surface area contributed by atoms with E-state index in [1.54, 1.807) is 13.0 Å². The van der Waals surface area contributed by atoms with E-state index in [0.717, 1.165) is 32.7 Å². The first-order valence-corrected chi connectivity index (χ1v) is 8.88. The van der Waals surface area contributed by atoms with Crippen LogP contribution in [0.1, 0.15) is 17.0 Å². The molecule has 0 aliphatic rings. The van der Waals surface area contributed by atoms with Crippen LogP contribution in [-0.2, 0) is 0 Å². The van der Waals surface area contributed by atoms with E-state index >= 15 is 4.39 Å². The van der Waals surface area contributed by atoms with Gasteiger partial charge in [-0.05, 0) is 49.4 Å². The molecule has 3 heterocycles. The number of halogens is 1. The van der Waals surface area contributed by atoms with Gasteiger partial charge in [0.2, 0.25) is 5.88 Å². The molecule has 0 amide bonds. The summed E-state index contributed by atoms with van der Waals surface area (Å²) in [5.41, 5.74) is 4.49. The third-order valence-corrected chi connectivity index (χ3v) is 5.16. The first-order chi connectivity index (χ1) is 12.6. The molecule has 1 aromatic carbocycles. The Hall–Kier alpha value is -2.93. The summed E-state index contributed by atoms with van der Waals surface area (Å²) < 4.78 is 21.6. The molecule has 0 N–H and O–H groups in total. The number of benzene rings is 1. The zero-order valence-corrected chi connectivity index (χ0v) is 15.3. The normalized spacial score (nSPS) is 11.1. The summed E-state index contributed by atoms with van der Waals surface area (Å²) in [6, 6.07) is 5.32.